The van der Waals surface area contributed by atoms with E-state index in [0.29, 0.717) is 11.0 Å². The fourth-order valence-corrected chi connectivity index (χ4v) is 2.65. The minimum atomic E-state index is -0.960. The van der Waals surface area contributed by atoms with Crippen molar-refractivity contribution in [3.63, 3.8) is 0 Å². The first kappa shape index (κ1) is 14.7. The predicted octanol–water partition coefficient (Wildman–Crippen LogP) is 4.08. The number of aromatic nitrogens is 3. The van der Waals surface area contributed by atoms with Gasteiger partial charge in [0.05, 0.1) is 32.6 Å². The van der Waals surface area contributed by atoms with Gasteiger partial charge in [0.2, 0.25) is 0 Å². The number of aliphatic carboxylic acids is 1. The number of carboxylic acid groups (broad SMARTS) is 1. The highest BCUT2D eigenvalue weighted by molar-refractivity contribution is 6.54. The van der Waals surface area contributed by atoms with Crippen LogP contribution in [0.2, 0.25) is 20.1 Å². The summed E-state index contributed by atoms with van der Waals surface area (Å²) in [6, 6.07) is -0.451. The van der Waals surface area contributed by atoms with Gasteiger partial charge in [0.1, 0.15) is 11.0 Å². The molecular formula is C10H7Cl4N3O2. The average Bonchev–Trinajstić information content (AvgIpc) is 2.77. The molecule has 1 heterocycles. The molecule has 0 bridgehead atoms. The number of fused-ring (bicyclic) bond motifs is 1. The standard InChI is InChI=1S/C10H7Cl4N3O2/c1-3(2-4(18)19)17-10-8(14)6(12)5(11)7(13)9(10)15-16-17/h3H,2H2,1H3,(H,18,19). The third-order valence-corrected chi connectivity index (χ3v) is 4.36. The number of carbonyl (C=O) groups is 1. The Hall–Kier alpha value is -0.750. The number of rotatable bonds is 3. The first-order valence-corrected chi connectivity index (χ1v) is 6.64. The molecule has 0 spiro atoms. The van der Waals surface area contributed by atoms with Crippen molar-refractivity contribution in [3.05, 3.63) is 20.1 Å². The monoisotopic (exact) mass is 341 g/mol. The minimum absolute atomic E-state index is 0.0897. The third kappa shape index (κ3) is 2.48. The quantitative estimate of drug-likeness (QED) is 0.674. The molecule has 0 aliphatic carbocycles. The molecule has 1 atom stereocenters. The number of carboxylic acids is 1. The molecule has 9 heteroatoms. The summed E-state index contributed by atoms with van der Waals surface area (Å²) in [5, 5.41) is 17.0. The summed E-state index contributed by atoms with van der Waals surface area (Å²) in [5.74, 6) is -0.960. The Balaban J connectivity index is 2.69. The van der Waals surface area contributed by atoms with Crippen LogP contribution in [0.4, 0.5) is 0 Å². The molecule has 1 N–H and O–H groups in total. The maximum atomic E-state index is 10.7. The molecule has 0 saturated heterocycles. The van der Waals surface area contributed by atoms with E-state index in [2.05, 4.69) is 10.3 Å². The largest absolute Gasteiger partial charge is 0.481 e. The average molecular weight is 343 g/mol. The smallest absolute Gasteiger partial charge is 0.305 e. The molecular weight excluding hydrogens is 336 g/mol. The first-order valence-electron chi connectivity index (χ1n) is 5.13. The van der Waals surface area contributed by atoms with Crippen LogP contribution < -0.4 is 0 Å². The van der Waals surface area contributed by atoms with Crippen molar-refractivity contribution >= 4 is 63.4 Å². The van der Waals surface area contributed by atoms with Gasteiger partial charge >= 0.3 is 5.97 Å². The lowest BCUT2D eigenvalue weighted by atomic mass is 10.2. The fraction of sp³-hybridized carbons (Fsp3) is 0.300. The van der Waals surface area contributed by atoms with Crippen molar-refractivity contribution in [1.82, 2.24) is 15.0 Å². The van der Waals surface area contributed by atoms with Crippen LogP contribution in [-0.4, -0.2) is 26.1 Å². The van der Waals surface area contributed by atoms with Gasteiger partial charge in [0.15, 0.2) is 0 Å². The molecule has 0 fully saturated rings. The van der Waals surface area contributed by atoms with Gasteiger partial charge in [-0.05, 0) is 6.92 Å². The molecule has 102 valence electrons. The van der Waals surface area contributed by atoms with Crippen LogP contribution in [0, 0.1) is 0 Å². The van der Waals surface area contributed by atoms with E-state index in [0.717, 1.165) is 0 Å². The molecule has 2 rings (SSSR count). The Labute approximate surface area is 128 Å². The Kier molecular flexibility index (Phi) is 4.11. The topological polar surface area (TPSA) is 68.0 Å². The number of benzene rings is 1. The van der Waals surface area contributed by atoms with E-state index in [1.807, 2.05) is 0 Å². The van der Waals surface area contributed by atoms with Crippen LogP contribution in [0.25, 0.3) is 11.0 Å². The summed E-state index contributed by atoms with van der Waals surface area (Å²) in [6.45, 7) is 1.68. The van der Waals surface area contributed by atoms with Crippen molar-refractivity contribution in [3.8, 4) is 0 Å². The third-order valence-electron chi connectivity index (χ3n) is 2.58. The summed E-state index contributed by atoms with van der Waals surface area (Å²) in [4.78, 5) is 10.7. The van der Waals surface area contributed by atoms with Crippen molar-refractivity contribution in [2.24, 2.45) is 0 Å². The maximum Gasteiger partial charge on any atom is 0.305 e. The van der Waals surface area contributed by atoms with Gasteiger partial charge in [-0.1, -0.05) is 51.6 Å². The second-order valence-electron chi connectivity index (χ2n) is 3.93. The second kappa shape index (κ2) is 5.32. The lowest BCUT2D eigenvalue weighted by Crippen LogP contribution is -2.12. The van der Waals surface area contributed by atoms with Gasteiger partial charge < -0.3 is 5.11 Å². The molecule has 0 amide bonds. The highest BCUT2D eigenvalue weighted by Gasteiger charge is 2.23. The Morgan fingerprint density at radius 3 is 2.37 bits per heavy atom. The van der Waals surface area contributed by atoms with Crippen LogP contribution in [0.15, 0.2) is 0 Å². The highest BCUT2D eigenvalue weighted by atomic mass is 35.5. The highest BCUT2D eigenvalue weighted by Crippen LogP contribution is 2.42. The molecule has 1 aromatic heterocycles. The van der Waals surface area contributed by atoms with Crippen molar-refractivity contribution < 1.29 is 9.90 Å². The SMILES string of the molecule is CC(CC(=O)O)n1nnc2c(Cl)c(Cl)c(Cl)c(Cl)c21. The maximum absolute atomic E-state index is 10.7. The zero-order valence-electron chi connectivity index (χ0n) is 9.49. The summed E-state index contributed by atoms with van der Waals surface area (Å²) in [7, 11) is 0. The van der Waals surface area contributed by atoms with E-state index < -0.39 is 12.0 Å². The van der Waals surface area contributed by atoms with E-state index in [9.17, 15) is 4.79 Å². The number of hydrogen-bond donors (Lipinski definition) is 1. The van der Waals surface area contributed by atoms with Gasteiger partial charge in [0, 0.05) is 0 Å². The molecule has 1 aromatic carbocycles. The van der Waals surface area contributed by atoms with Gasteiger partial charge in [-0.3, -0.25) is 4.79 Å². The number of nitrogens with zero attached hydrogens (tertiary/aromatic N) is 3. The van der Waals surface area contributed by atoms with Gasteiger partial charge in [0.25, 0.3) is 0 Å². The summed E-state index contributed by atoms with van der Waals surface area (Å²) >= 11 is 24.0. The zero-order chi connectivity index (χ0) is 14.3. The van der Waals surface area contributed by atoms with Crippen LogP contribution in [0.5, 0.6) is 0 Å². The molecule has 0 aliphatic rings. The van der Waals surface area contributed by atoms with E-state index >= 15 is 0 Å². The summed E-state index contributed by atoms with van der Waals surface area (Å²) in [5.41, 5.74) is 0.660. The number of hydrogen-bond acceptors (Lipinski definition) is 3. The summed E-state index contributed by atoms with van der Waals surface area (Å²) in [6.07, 6.45) is -0.132. The van der Waals surface area contributed by atoms with E-state index in [-0.39, 0.29) is 26.5 Å². The Bertz CT molecular complexity index is 671. The molecule has 2 aromatic rings. The van der Waals surface area contributed by atoms with Crippen molar-refractivity contribution in [2.45, 2.75) is 19.4 Å². The van der Waals surface area contributed by atoms with Crippen molar-refractivity contribution in [2.75, 3.05) is 0 Å². The van der Waals surface area contributed by atoms with Crippen molar-refractivity contribution in [1.29, 1.82) is 0 Å². The van der Waals surface area contributed by atoms with E-state index in [4.69, 9.17) is 51.5 Å². The van der Waals surface area contributed by atoms with Gasteiger partial charge in [-0.25, -0.2) is 4.68 Å². The van der Waals surface area contributed by atoms with E-state index in [1.54, 1.807) is 6.92 Å². The zero-order valence-corrected chi connectivity index (χ0v) is 12.5. The minimum Gasteiger partial charge on any atom is -0.481 e. The predicted molar refractivity (Wildman–Crippen MR) is 74.5 cm³/mol. The Morgan fingerprint density at radius 2 is 1.79 bits per heavy atom. The second-order valence-corrected chi connectivity index (χ2v) is 5.45. The van der Waals surface area contributed by atoms with Crippen LogP contribution in [0.1, 0.15) is 19.4 Å². The lowest BCUT2D eigenvalue weighted by molar-refractivity contribution is -0.137. The van der Waals surface area contributed by atoms with Crippen LogP contribution in [-0.2, 0) is 4.79 Å². The lowest BCUT2D eigenvalue weighted by Gasteiger charge is -2.11. The Morgan fingerprint density at radius 1 is 1.21 bits per heavy atom. The molecule has 0 radical (unpaired) electrons. The molecule has 1 unspecified atom stereocenters. The van der Waals surface area contributed by atoms with Gasteiger partial charge in [-0.15, -0.1) is 5.10 Å². The molecule has 19 heavy (non-hydrogen) atoms. The van der Waals surface area contributed by atoms with Crippen LogP contribution in [0.3, 0.4) is 0 Å². The first-order chi connectivity index (χ1) is 8.84. The summed E-state index contributed by atoms with van der Waals surface area (Å²) < 4.78 is 1.37. The van der Waals surface area contributed by atoms with E-state index in [1.165, 1.54) is 4.68 Å². The van der Waals surface area contributed by atoms with Gasteiger partial charge in [-0.2, -0.15) is 0 Å². The number of halogens is 4. The molecule has 0 saturated carbocycles. The fourth-order valence-electron chi connectivity index (χ4n) is 1.69. The van der Waals surface area contributed by atoms with Crippen LogP contribution >= 0.6 is 46.4 Å². The molecule has 5 nitrogen and oxygen atoms in total. The molecule has 0 aliphatic heterocycles. The normalized spacial score (nSPS) is 12.9.